The largest absolute Gasteiger partial charge is 0.494 e. The van der Waals surface area contributed by atoms with Crippen LogP contribution < -0.4 is 10.1 Å². The minimum Gasteiger partial charge on any atom is -0.494 e. The third-order valence-corrected chi connectivity index (χ3v) is 3.73. The fraction of sp³-hybridized carbons (Fsp3) is 0.529. The summed E-state index contributed by atoms with van der Waals surface area (Å²) in [6.07, 6.45) is 0. The molecule has 0 aliphatic carbocycles. The van der Waals surface area contributed by atoms with Crippen molar-refractivity contribution in [2.45, 2.75) is 47.2 Å². The van der Waals surface area contributed by atoms with Crippen LogP contribution in [0, 0.1) is 6.92 Å². The Bertz CT molecular complexity index is 584. The minimum atomic E-state index is 0.464. The van der Waals surface area contributed by atoms with Gasteiger partial charge in [-0.25, -0.2) is 0 Å². The van der Waals surface area contributed by atoms with Crippen molar-refractivity contribution in [1.29, 1.82) is 0 Å². The number of nitrogens with one attached hydrogen (secondary N) is 1. The van der Waals surface area contributed by atoms with Gasteiger partial charge in [0.25, 0.3) is 0 Å². The van der Waals surface area contributed by atoms with E-state index in [0.717, 1.165) is 18.8 Å². The molecule has 1 heterocycles. The number of fused-ring (bicyclic) bond motifs is 1. The van der Waals surface area contributed by atoms with Crippen molar-refractivity contribution in [3.8, 4) is 5.75 Å². The molecule has 2 aromatic rings. The number of ether oxygens (including phenoxy) is 1. The number of benzene rings is 1. The molecule has 0 unspecified atom stereocenters. The summed E-state index contributed by atoms with van der Waals surface area (Å²) in [7, 11) is 0. The predicted octanol–water partition coefficient (Wildman–Crippen LogP) is 4.04. The SMILES string of the molecule is CCNCc1c(C)n(C(C)C)c2ccc(OCC)cc12. The highest BCUT2D eigenvalue weighted by molar-refractivity contribution is 5.87. The van der Waals surface area contributed by atoms with Crippen molar-refractivity contribution in [3.63, 3.8) is 0 Å². The Hall–Kier alpha value is -1.48. The highest BCUT2D eigenvalue weighted by Gasteiger charge is 2.16. The highest BCUT2D eigenvalue weighted by Crippen LogP contribution is 2.31. The maximum Gasteiger partial charge on any atom is 0.120 e. The molecule has 0 radical (unpaired) electrons. The summed E-state index contributed by atoms with van der Waals surface area (Å²) in [5.74, 6) is 0.957. The average Bonchev–Trinajstić information content (AvgIpc) is 2.68. The van der Waals surface area contributed by atoms with Crippen LogP contribution in [-0.2, 0) is 6.54 Å². The monoisotopic (exact) mass is 274 g/mol. The van der Waals surface area contributed by atoms with Gasteiger partial charge < -0.3 is 14.6 Å². The summed E-state index contributed by atoms with van der Waals surface area (Å²) in [6.45, 7) is 13.5. The molecule has 3 nitrogen and oxygen atoms in total. The van der Waals surface area contributed by atoms with Crippen molar-refractivity contribution < 1.29 is 4.74 Å². The molecule has 0 bridgehead atoms. The van der Waals surface area contributed by atoms with Crippen molar-refractivity contribution in [1.82, 2.24) is 9.88 Å². The molecule has 1 aromatic heterocycles. The fourth-order valence-corrected chi connectivity index (χ4v) is 2.88. The standard InChI is InChI=1S/C17H26N2O/c1-6-18-11-16-13(5)19(12(3)4)17-9-8-14(20-7-2)10-15(16)17/h8-10,12,18H,6-7,11H2,1-5H3. The number of rotatable bonds is 6. The quantitative estimate of drug-likeness (QED) is 0.860. The average molecular weight is 274 g/mol. The van der Waals surface area contributed by atoms with Crippen LogP contribution in [0.15, 0.2) is 18.2 Å². The van der Waals surface area contributed by atoms with Crippen molar-refractivity contribution in [2.24, 2.45) is 0 Å². The molecule has 0 atom stereocenters. The lowest BCUT2D eigenvalue weighted by Gasteiger charge is -2.13. The Kier molecular flexibility index (Phi) is 4.71. The van der Waals surface area contributed by atoms with Gasteiger partial charge in [-0.2, -0.15) is 0 Å². The summed E-state index contributed by atoms with van der Waals surface area (Å²) in [5.41, 5.74) is 4.04. The van der Waals surface area contributed by atoms with E-state index in [2.05, 4.69) is 55.8 Å². The molecule has 20 heavy (non-hydrogen) atoms. The third-order valence-electron chi connectivity index (χ3n) is 3.73. The number of aromatic nitrogens is 1. The van der Waals surface area contributed by atoms with E-state index in [-0.39, 0.29) is 0 Å². The normalized spacial score (nSPS) is 11.5. The van der Waals surface area contributed by atoms with Crippen LogP contribution in [0.25, 0.3) is 10.9 Å². The van der Waals surface area contributed by atoms with E-state index < -0.39 is 0 Å². The van der Waals surface area contributed by atoms with Gasteiger partial charge in [-0.3, -0.25) is 0 Å². The molecule has 0 aliphatic rings. The van der Waals surface area contributed by atoms with E-state index in [4.69, 9.17) is 4.74 Å². The Morgan fingerprint density at radius 2 is 2.00 bits per heavy atom. The number of nitrogens with zero attached hydrogens (tertiary/aromatic N) is 1. The summed E-state index contributed by atoms with van der Waals surface area (Å²) in [5, 5.41) is 4.76. The van der Waals surface area contributed by atoms with Gasteiger partial charge in [-0.15, -0.1) is 0 Å². The lowest BCUT2D eigenvalue weighted by molar-refractivity contribution is 0.340. The zero-order valence-corrected chi connectivity index (χ0v) is 13.3. The van der Waals surface area contributed by atoms with Crippen LogP contribution in [0.4, 0.5) is 0 Å². The van der Waals surface area contributed by atoms with Crippen molar-refractivity contribution >= 4 is 10.9 Å². The van der Waals surface area contributed by atoms with Gasteiger partial charge in [-0.05, 0) is 58.0 Å². The van der Waals surface area contributed by atoms with E-state index in [9.17, 15) is 0 Å². The van der Waals surface area contributed by atoms with E-state index in [1.165, 1.54) is 22.2 Å². The van der Waals surface area contributed by atoms with Gasteiger partial charge in [0.05, 0.1) is 6.61 Å². The Labute approximate surface area is 121 Å². The van der Waals surface area contributed by atoms with Crippen LogP contribution in [0.2, 0.25) is 0 Å². The molecule has 0 saturated carbocycles. The molecule has 0 spiro atoms. The molecule has 1 aromatic carbocycles. The van der Waals surface area contributed by atoms with Crippen LogP contribution >= 0.6 is 0 Å². The second-order valence-corrected chi connectivity index (χ2v) is 5.42. The second-order valence-electron chi connectivity index (χ2n) is 5.42. The van der Waals surface area contributed by atoms with Crippen LogP contribution in [0.5, 0.6) is 5.75 Å². The molecular formula is C17H26N2O. The maximum atomic E-state index is 5.65. The first-order valence-electron chi connectivity index (χ1n) is 7.57. The van der Waals surface area contributed by atoms with E-state index in [1.807, 2.05) is 6.92 Å². The van der Waals surface area contributed by atoms with E-state index >= 15 is 0 Å². The summed E-state index contributed by atoms with van der Waals surface area (Å²) in [6, 6.07) is 6.90. The molecule has 0 aliphatic heterocycles. The Morgan fingerprint density at radius 3 is 2.60 bits per heavy atom. The summed E-state index contributed by atoms with van der Waals surface area (Å²) < 4.78 is 8.07. The lowest BCUT2D eigenvalue weighted by atomic mass is 10.1. The van der Waals surface area contributed by atoms with E-state index in [0.29, 0.717) is 12.6 Å². The first-order chi connectivity index (χ1) is 9.60. The van der Waals surface area contributed by atoms with Gasteiger partial charge >= 0.3 is 0 Å². The molecule has 3 heteroatoms. The molecule has 0 amide bonds. The smallest absolute Gasteiger partial charge is 0.120 e. The van der Waals surface area contributed by atoms with Crippen molar-refractivity contribution in [2.75, 3.05) is 13.2 Å². The zero-order valence-electron chi connectivity index (χ0n) is 13.3. The maximum absolute atomic E-state index is 5.65. The predicted molar refractivity (Wildman–Crippen MR) is 85.6 cm³/mol. The topological polar surface area (TPSA) is 26.2 Å². The first kappa shape index (κ1) is 14.9. The molecule has 0 fully saturated rings. The number of hydrogen-bond acceptors (Lipinski definition) is 2. The molecule has 1 N–H and O–H groups in total. The first-order valence-corrected chi connectivity index (χ1v) is 7.57. The molecular weight excluding hydrogens is 248 g/mol. The van der Waals surface area contributed by atoms with Crippen molar-refractivity contribution in [3.05, 3.63) is 29.5 Å². The summed E-state index contributed by atoms with van der Waals surface area (Å²) in [4.78, 5) is 0. The van der Waals surface area contributed by atoms with Gasteiger partial charge in [-0.1, -0.05) is 6.92 Å². The molecule has 2 rings (SSSR count). The second kappa shape index (κ2) is 6.31. The highest BCUT2D eigenvalue weighted by atomic mass is 16.5. The van der Waals surface area contributed by atoms with Gasteiger partial charge in [0.1, 0.15) is 5.75 Å². The van der Waals surface area contributed by atoms with Gasteiger partial charge in [0, 0.05) is 29.2 Å². The number of hydrogen-bond donors (Lipinski definition) is 1. The van der Waals surface area contributed by atoms with Gasteiger partial charge in [0.15, 0.2) is 0 Å². The lowest BCUT2D eigenvalue weighted by Crippen LogP contribution is -2.13. The summed E-state index contributed by atoms with van der Waals surface area (Å²) >= 11 is 0. The van der Waals surface area contributed by atoms with E-state index in [1.54, 1.807) is 0 Å². The Morgan fingerprint density at radius 1 is 1.25 bits per heavy atom. The van der Waals surface area contributed by atoms with Crippen LogP contribution in [0.3, 0.4) is 0 Å². The third kappa shape index (κ3) is 2.68. The van der Waals surface area contributed by atoms with Crippen LogP contribution in [0.1, 0.15) is 45.0 Å². The Balaban J connectivity index is 2.60. The molecule has 0 saturated heterocycles. The minimum absolute atomic E-state index is 0.464. The molecule has 110 valence electrons. The fourth-order valence-electron chi connectivity index (χ4n) is 2.88. The zero-order chi connectivity index (χ0) is 14.7. The van der Waals surface area contributed by atoms with Gasteiger partial charge in [0.2, 0.25) is 0 Å². The van der Waals surface area contributed by atoms with Crippen LogP contribution in [-0.4, -0.2) is 17.7 Å².